The van der Waals surface area contributed by atoms with Gasteiger partial charge in [0.25, 0.3) is 0 Å². The Labute approximate surface area is 199 Å². The minimum absolute atomic E-state index is 1.11. The molecule has 0 amide bonds. The first-order valence-electron chi connectivity index (χ1n) is 11.1. The number of nitrogens with one attached hydrogen (secondary N) is 1. The highest BCUT2D eigenvalue weighted by Crippen LogP contribution is 2.42. The molecular formula is C30H19BrN2. The normalized spacial score (nSPS) is 11.8. The molecule has 2 aromatic heterocycles. The summed E-state index contributed by atoms with van der Waals surface area (Å²) in [5.41, 5.74) is 8.34. The van der Waals surface area contributed by atoms with Crippen LogP contribution in [0, 0.1) is 0 Å². The molecule has 156 valence electrons. The van der Waals surface area contributed by atoms with Gasteiger partial charge in [0, 0.05) is 42.7 Å². The fourth-order valence-electron chi connectivity index (χ4n) is 5.19. The van der Waals surface area contributed by atoms with Crippen LogP contribution in [0.2, 0.25) is 0 Å². The van der Waals surface area contributed by atoms with Crippen LogP contribution in [-0.4, -0.2) is 9.55 Å². The number of hydrogen-bond donors (Lipinski definition) is 1. The lowest BCUT2D eigenvalue weighted by molar-refractivity contribution is 1.18. The summed E-state index contributed by atoms with van der Waals surface area (Å²) in [7, 11) is 0. The van der Waals surface area contributed by atoms with E-state index in [0.29, 0.717) is 0 Å². The molecule has 0 saturated carbocycles. The molecule has 33 heavy (non-hydrogen) atoms. The van der Waals surface area contributed by atoms with Crippen LogP contribution >= 0.6 is 15.9 Å². The van der Waals surface area contributed by atoms with Crippen LogP contribution in [0.4, 0.5) is 0 Å². The van der Waals surface area contributed by atoms with Crippen molar-refractivity contribution in [1.29, 1.82) is 0 Å². The van der Waals surface area contributed by atoms with Crippen molar-refractivity contribution in [2.75, 3.05) is 0 Å². The number of halogens is 1. The van der Waals surface area contributed by atoms with Crippen molar-refractivity contribution < 1.29 is 0 Å². The van der Waals surface area contributed by atoms with E-state index >= 15 is 0 Å². The van der Waals surface area contributed by atoms with Crippen LogP contribution in [0.15, 0.2) is 114 Å². The predicted octanol–water partition coefficient (Wildman–Crippen LogP) is 8.85. The molecule has 0 unspecified atom stereocenters. The summed E-state index contributed by atoms with van der Waals surface area (Å²) in [4.78, 5) is 3.62. The van der Waals surface area contributed by atoms with Gasteiger partial charge in [-0.1, -0.05) is 82.7 Å². The Morgan fingerprint density at radius 3 is 2.21 bits per heavy atom. The Kier molecular flexibility index (Phi) is 4.02. The molecule has 0 aliphatic carbocycles. The summed E-state index contributed by atoms with van der Waals surface area (Å²) < 4.78 is 3.51. The molecule has 3 heteroatoms. The van der Waals surface area contributed by atoms with Gasteiger partial charge in [-0.05, 0) is 53.6 Å². The lowest BCUT2D eigenvalue weighted by atomic mass is 10.0. The summed E-state index contributed by atoms with van der Waals surface area (Å²) in [6, 6.07) is 38.9. The van der Waals surface area contributed by atoms with Gasteiger partial charge >= 0.3 is 0 Å². The maximum atomic E-state index is 3.81. The maximum absolute atomic E-state index is 3.81. The number of para-hydroxylation sites is 1. The van der Waals surface area contributed by atoms with E-state index in [2.05, 4.69) is 135 Å². The first-order valence-corrected chi connectivity index (χ1v) is 11.9. The van der Waals surface area contributed by atoms with Crippen molar-refractivity contribution in [3.63, 3.8) is 0 Å². The monoisotopic (exact) mass is 486 g/mol. The Balaban J connectivity index is 1.62. The summed E-state index contributed by atoms with van der Waals surface area (Å²) in [6.45, 7) is 0. The van der Waals surface area contributed by atoms with Gasteiger partial charge in [-0.3, -0.25) is 0 Å². The quantitative estimate of drug-likeness (QED) is 0.252. The number of aromatic amines is 1. The van der Waals surface area contributed by atoms with Crippen LogP contribution in [-0.2, 0) is 0 Å². The molecule has 1 N–H and O–H groups in total. The average Bonchev–Trinajstić information content (AvgIpc) is 3.41. The van der Waals surface area contributed by atoms with Gasteiger partial charge in [0.1, 0.15) is 0 Å². The van der Waals surface area contributed by atoms with Gasteiger partial charge in [0.15, 0.2) is 0 Å². The molecule has 0 radical (unpaired) electrons. The minimum Gasteiger partial charge on any atom is -0.354 e. The summed E-state index contributed by atoms with van der Waals surface area (Å²) in [5.74, 6) is 0. The van der Waals surface area contributed by atoms with Crippen LogP contribution in [0.3, 0.4) is 0 Å². The van der Waals surface area contributed by atoms with Crippen LogP contribution < -0.4 is 0 Å². The highest BCUT2D eigenvalue weighted by molar-refractivity contribution is 9.10. The van der Waals surface area contributed by atoms with Crippen molar-refractivity contribution in [2.24, 2.45) is 0 Å². The van der Waals surface area contributed by atoms with Gasteiger partial charge < -0.3 is 9.55 Å². The first kappa shape index (κ1) is 18.7. The first-order chi connectivity index (χ1) is 16.3. The largest absolute Gasteiger partial charge is 0.354 e. The third kappa shape index (κ3) is 2.73. The Morgan fingerprint density at radius 2 is 1.30 bits per heavy atom. The Bertz CT molecular complexity index is 1820. The number of aromatic nitrogens is 2. The van der Waals surface area contributed by atoms with E-state index in [1.165, 1.54) is 49.4 Å². The fraction of sp³-hybridized carbons (Fsp3) is 0. The molecule has 2 heterocycles. The van der Waals surface area contributed by atoms with E-state index in [-0.39, 0.29) is 0 Å². The zero-order valence-electron chi connectivity index (χ0n) is 17.7. The number of H-pyrrole nitrogens is 1. The van der Waals surface area contributed by atoms with Crippen molar-refractivity contribution in [3.8, 4) is 16.8 Å². The molecular weight excluding hydrogens is 468 g/mol. The lowest BCUT2D eigenvalue weighted by Crippen LogP contribution is -1.94. The molecule has 0 spiro atoms. The molecule has 0 saturated heterocycles. The van der Waals surface area contributed by atoms with E-state index in [0.717, 1.165) is 15.5 Å². The highest BCUT2D eigenvalue weighted by atomic mass is 79.9. The van der Waals surface area contributed by atoms with Crippen LogP contribution in [0.1, 0.15) is 0 Å². The Morgan fingerprint density at radius 1 is 0.545 bits per heavy atom. The second-order valence-electron chi connectivity index (χ2n) is 8.44. The van der Waals surface area contributed by atoms with Crippen molar-refractivity contribution >= 4 is 59.5 Å². The van der Waals surface area contributed by atoms with Crippen molar-refractivity contribution in [3.05, 3.63) is 114 Å². The van der Waals surface area contributed by atoms with Gasteiger partial charge in [0.05, 0.1) is 11.0 Å². The van der Waals surface area contributed by atoms with Crippen molar-refractivity contribution in [2.45, 2.75) is 0 Å². The Hall–Kier alpha value is -3.82. The zero-order valence-corrected chi connectivity index (χ0v) is 19.3. The summed E-state index contributed by atoms with van der Waals surface area (Å²) in [6.07, 6.45) is 0. The molecule has 0 aliphatic heterocycles. The second kappa shape index (κ2) is 7.09. The molecule has 5 aromatic carbocycles. The molecule has 0 fully saturated rings. The number of benzene rings is 5. The van der Waals surface area contributed by atoms with Gasteiger partial charge in [-0.15, -0.1) is 0 Å². The number of hydrogen-bond acceptors (Lipinski definition) is 0. The molecule has 7 aromatic rings. The van der Waals surface area contributed by atoms with E-state index in [1.54, 1.807) is 0 Å². The van der Waals surface area contributed by atoms with Gasteiger partial charge in [-0.2, -0.15) is 0 Å². The minimum atomic E-state index is 1.11. The summed E-state index contributed by atoms with van der Waals surface area (Å²) >= 11 is 3.81. The second-order valence-corrected chi connectivity index (χ2v) is 9.29. The third-order valence-corrected chi connectivity index (χ3v) is 7.24. The van der Waals surface area contributed by atoms with Gasteiger partial charge in [0.2, 0.25) is 0 Å². The van der Waals surface area contributed by atoms with Crippen LogP contribution in [0.25, 0.3) is 60.4 Å². The average molecular weight is 487 g/mol. The highest BCUT2D eigenvalue weighted by Gasteiger charge is 2.18. The third-order valence-electron chi connectivity index (χ3n) is 6.58. The van der Waals surface area contributed by atoms with Crippen molar-refractivity contribution in [1.82, 2.24) is 9.55 Å². The van der Waals surface area contributed by atoms with E-state index in [1.807, 2.05) is 0 Å². The summed E-state index contributed by atoms with van der Waals surface area (Å²) in [5, 5.41) is 5.05. The van der Waals surface area contributed by atoms with Crippen LogP contribution in [0.5, 0.6) is 0 Å². The molecule has 2 nitrogen and oxygen atoms in total. The number of nitrogens with zero attached hydrogens (tertiary/aromatic N) is 1. The van der Waals surface area contributed by atoms with E-state index in [9.17, 15) is 0 Å². The smallest absolute Gasteiger partial charge is 0.0548 e. The number of rotatable bonds is 2. The lowest BCUT2D eigenvalue weighted by Gasteiger charge is -2.10. The van der Waals surface area contributed by atoms with E-state index < -0.39 is 0 Å². The molecule has 0 atom stereocenters. The zero-order chi connectivity index (χ0) is 21.9. The fourth-order valence-corrected chi connectivity index (χ4v) is 5.75. The predicted molar refractivity (Wildman–Crippen MR) is 143 cm³/mol. The topological polar surface area (TPSA) is 20.7 Å². The molecule has 0 aliphatic rings. The molecule has 0 bridgehead atoms. The standard InChI is InChI=1S/C30H19BrN2/c31-23-13-7-14-24-29(23)30-25(32-24)16-17-27-28(30)22-12-4-5-15-26(22)33(27)21-11-6-10-20(18-21)19-8-2-1-3-9-19/h1-18,32H. The maximum Gasteiger partial charge on any atom is 0.0548 e. The number of fused-ring (bicyclic) bond motifs is 7. The SMILES string of the molecule is Brc1cccc2[nH]c3ccc4c(c5ccccc5n4-c4cccc(-c5ccccc5)c4)c3c12. The van der Waals surface area contributed by atoms with Gasteiger partial charge in [-0.25, -0.2) is 0 Å². The van der Waals surface area contributed by atoms with E-state index in [4.69, 9.17) is 0 Å². The molecule has 7 rings (SSSR count).